The van der Waals surface area contributed by atoms with Gasteiger partial charge in [0.2, 0.25) is 0 Å². The van der Waals surface area contributed by atoms with Crippen molar-refractivity contribution in [1.82, 2.24) is 5.32 Å². The van der Waals surface area contributed by atoms with Gasteiger partial charge in [-0.2, -0.15) is 0 Å². The van der Waals surface area contributed by atoms with Gasteiger partial charge in [0.1, 0.15) is 17.1 Å². The van der Waals surface area contributed by atoms with Crippen LogP contribution in [0.1, 0.15) is 81.1 Å². The van der Waals surface area contributed by atoms with Crippen molar-refractivity contribution in [3.63, 3.8) is 0 Å². The highest BCUT2D eigenvalue weighted by molar-refractivity contribution is 5.91. The molecule has 0 aliphatic carbocycles. The maximum absolute atomic E-state index is 12.7. The molecule has 1 amide bonds. The van der Waals surface area contributed by atoms with Crippen LogP contribution in [0.3, 0.4) is 0 Å². The largest absolute Gasteiger partial charge is 0.487 e. The topological polar surface area (TPSA) is 51.5 Å². The highest BCUT2D eigenvalue weighted by atomic mass is 16.5. The zero-order valence-electron chi connectivity index (χ0n) is 20.9. The van der Waals surface area contributed by atoms with Crippen molar-refractivity contribution in [2.24, 2.45) is 0 Å². The molecule has 1 aliphatic heterocycles. The predicted molar refractivity (Wildman–Crippen MR) is 132 cm³/mol. The molecule has 0 saturated heterocycles. The third-order valence-corrected chi connectivity index (χ3v) is 7.28. The molecule has 3 aromatic rings. The molecule has 4 rings (SSSR count). The van der Waals surface area contributed by atoms with Crippen molar-refractivity contribution in [1.29, 1.82) is 0 Å². The summed E-state index contributed by atoms with van der Waals surface area (Å²) in [5, 5.41) is 2.99. The number of amides is 1. The molecular formula is C29H35NO3. The maximum Gasteiger partial charge on any atom is 0.287 e. The van der Waals surface area contributed by atoms with Crippen molar-refractivity contribution >= 4 is 5.91 Å². The summed E-state index contributed by atoms with van der Waals surface area (Å²) < 4.78 is 12.3. The van der Waals surface area contributed by atoms with Gasteiger partial charge in [0.25, 0.3) is 5.91 Å². The first-order chi connectivity index (χ1) is 15.6. The van der Waals surface area contributed by atoms with E-state index in [4.69, 9.17) is 9.15 Å². The van der Waals surface area contributed by atoms with E-state index in [0.29, 0.717) is 18.7 Å². The van der Waals surface area contributed by atoms with E-state index < -0.39 is 0 Å². The first-order valence-corrected chi connectivity index (χ1v) is 11.8. The fourth-order valence-electron chi connectivity index (χ4n) is 4.75. The molecule has 4 nitrogen and oxygen atoms in total. The van der Waals surface area contributed by atoms with E-state index >= 15 is 0 Å². The van der Waals surface area contributed by atoms with E-state index in [2.05, 4.69) is 59.8 Å². The van der Waals surface area contributed by atoms with Crippen LogP contribution in [-0.4, -0.2) is 11.5 Å². The minimum absolute atomic E-state index is 0.127. The lowest BCUT2D eigenvalue weighted by Gasteiger charge is -2.35. The molecule has 0 radical (unpaired) electrons. The van der Waals surface area contributed by atoms with Crippen LogP contribution in [0.25, 0.3) is 0 Å². The number of ether oxygens (including phenoxy) is 1. The number of rotatable bonds is 5. The van der Waals surface area contributed by atoms with Crippen LogP contribution >= 0.6 is 0 Å². The second-order valence-electron chi connectivity index (χ2n) is 10.0. The summed E-state index contributed by atoms with van der Waals surface area (Å²) in [5.41, 5.74) is 9.73. The Kier molecular flexibility index (Phi) is 6.13. The van der Waals surface area contributed by atoms with E-state index in [9.17, 15) is 4.79 Å². The van der Waals surface area contributed by atoms with Gasteiger partial charge < -0.3 is 14.5 Å². The van der Waals surface area contributed by atoms with E-state index in [1.165, 1.54) is 38.9 Å². The molecule has 0 unspecified atom stereocenters. The van der Waals surface area contributed by atoms with Crippen LogP contribution in [0.5, 0.6) is 5.75 Å². The maximum atomic E-state index is 12.7. The molecule has 2 aromatic carbocycles. The lowest BCUT2D eigenvalue weighted by molar-refractivity contribution is 0.0833. The molecule has 0 bridgehead atoms. The van der Waals surface area contributed by atoms with Crippen molar-refractivity contribution in [3.8, 4) is 5.75 Å². The first kappa shape index (κ1) is 23.2. The van der Waals surface area contributed by atoms with Gasteiger partial charge in [-0.15, -0.1) is 0 Å². The Morgan fingerprint density at radius 3 is 2.48 bits per heavy atom. The summed E-state index contributed by atoms with van der Waals surface area (Å²) in [4.78, 5) is 12.7. The molecule has 1 aliphatic rings. The smallest absolute Gasteiger partial charge is 0.287 e. The third-order valence-electron chi connectivity index (χ3n) is 7.28. The molecule has 4 heteroatoms. The first-order valence-electron chi connectivity index (χ1n) is 11.8. The molecular weight excluding hydrogens is 410 g/mol. The predicted octanol–water partition coefficient (Wildman–Crippen LogP) is 6.45. The number of furan rings is 1. The molecule has 2 heterocycles. The van der Waals surface area contributed by atoms with Gasteiger partial charge >= 0.3 is 0 Å². The average molecular weight is 446 g/mol. The summed E-state index contributed by atoms with van der Waals surface area (Å²) in [5.74, 6) is 2.02. The van der Waals surface area contributed by atoms with E-state index in [1.807, 2.05) is 18.2 Å². The van der Waals surface area contributed by atoms with E-state index in [0.717, 1.165) is 29.9 Å². The van der Waals surface area contributed by atoms with Crippen molar-refractivity contribution < 1.29 is 13.9 Å². The van der Waals surface area contributed by atoms with E-state index in [-0.39, 0.29) is 11.5 Å². The van der Waals surface area contributed by atoms with Gasteiger partial charge in [0.05, 0.1) is 0 Å². The summed E-state index contributed by atoms with van der Waals surface area (Å²) in [6.45, 7) is 15.5. The standard InChI is InChI=1S/C29H35NO3/c1-17-9-8-10-22(18(17)2)16-30-28(31)26-12-11-23(32-26)15-25-19(3)20(4)27-24(21(25)5)13-14-29(6,7)33-27/h8-12H,13-16H2,1-7H3,(H,30,31). The number of carbonyl (C=O) groups excluding carboxylic acids is 1. The Morgan fingerprint density at radius 1 is 0.970 bits per heavy atom. The zero-order valence-corrected chi connectivity index (χ0v) is 20.9. The molecule has 174 valence electrons. The Balaban J connectivity index is 1.51. The molecule has 1 aromatic heterocycles. The second-order valence-corrected chi connectivity index (χ2v) is 10.0. The second kappa shape index (κ2) is 8.74. The lowest BCUT2D eigenvalue weighted by atomic mass is 9.84. The number of nitrogens with one attached hydrogen (secondary N) is 1. The number of benzene rings is 2. The van der Waals surface area contributed by atoms with Crippen molar-refractivity contribution in [2.45, 2.75) is 79.9 Å². The Hall–Kier alpha value is -3.01. The van der Waals surface area contributed by atoms with Crippen LogP contribution < -0.4 is 10.1 Å². The Labute approximate surface area is 197 Å². The molecule has 0 fully saturated rings. The monoisotopic (exact) mass is 445 g/mol. The third kappa shape index (κ3) is 4.57. The molecule has 0 atom stereocenters. The van der Waals surface area contributed by atoms with Crippen LogP contribution in [0.4, 0.5) is 0 Å². The minimum Gasteiger partial charge on any atom is -0.487 e. The number of aryl methyl sites for hydroxylation is 1. The van der Waals surface area contributed by atoms with Gasteiger partial charge in [-0.3, -0.25) is 4.79 Å². The molecule has 1 N–H and O–H groups in total. The fraction of sp³-hybridized carbons (Fsp3) is 0.414. The summed E-state index contributed by atoms with van der Waals surface area (Å²) in [6, 6.07) is 9.84. The summed E-state index contributed by atoms with van der Waals surface area (Å²) in [6.07, 6.45) is 2.69. The number of hydrogen-bond acceptors (Lipinski definition) is 3. The highest BCUT2D eigenvalue weighted by Gasteiger charge is 2.30. The fourth-order valence-corrected chi connectivity index (χ4v) is 4.75. The van der Waals surface area contributed by atoms with Gasteiger partial charge in [-0.25, -0.2) is 0 Å². The van der Waals surface area contributed by atoms with Gasteiger partial charge in [0, 0.05) is 13.0 Å². The van der Waals surface area contributed by atoms with Gasteiger partial charge in [0.15, 0.2) is 5.76 Å². The average Bonchev–Trinajstić information content (AvgIpc) is 3.24. The molecule has 0 saturated carbocycles. The number of fused-ring (bicyclic) bond motifs is 1. The van der Waals surface area contributed by atoms with Crippen LogP contribution in [0.15, 0.2) is 34.7 Å². The lowest BCUT2D eigenvalue weighted by Crippen LogP contribution is -2.33. The Bertz CT molecular complexity index is 1220. The summed E-state index contributed by atoms with van der Waals surface area (Å²) >= 11 is 0. The van der Waals surface area contributed by atoms with Crippen LogP contribution in [0, 0.1) is 34.6 Å². The number of carbonyl (C=O) groups is 1. The molecule has 33 heavy (non-hydrogen) atoms. The molecule has 0 spiro atoms. The van der Waals surface area contributed by atoms with Crippen LogP contribution in [-0.2, 0) is 19.4 Å². The SMILES string of the molecule is Cc1cccc(CNC(=O)c2ccc(Cc3c(C)c(C)c4c(c3C)CCC(C)(C)O4)o2)c1C. The highest BCUT2D eigenvalue weighted by Crippen LogP contribution is 2.41. The quantitative estimate of drug-likeness (QED) is 0.491. The minimum atomic E-state index is -0.187. The van der Waals surface area contributed by atoms with Gasteiger partial charge in [-0.05, 0) is 118 Å². The summed E-state index contributed by atoms with van der Waals surface area (Å²) in [7, 11) is 0. The van der Waals surface area contributed by atoms with E-state index in [1.54, 1.807) is 6.07 Å². The van der Waals surface area contributed by atoms with Crippen molar-refractivity contribution in [2.75, 3.05) is 0 Å². The van der Waals surface area contributed by atoms with Crippen molar-refractivity contribution in [3.05, 3.63) is 86.4 Å². The Morgan fingerprint density at radius 2 is 1.73 bits per heavy atom. The van der Waals surface area contributed by atoms with Gasteiger partial charge in [-0.1, -0.05) is 18.2 Å². The number of hydrogen-bond donors (Lipinski definition) is 1. The van der Waals surface area contributed by atoms with Crippen LogP contribution in [0.2, 0.25) is 0 Å². The zero-order chi connectivity index (χ0) is 23.9. The normalized spacial score (nSPS) is 14.5.